The van der Waals surface area contributed by atoms with Crippen molar-refractivity contribution in [2.24, 2.45) is 23.2 Å². The molecule has 1 N–H and O–H groups in total. The molecule has 8 atom stereocenters. The molecule has 23 heavy (non-hydrogen) atoms. The van der Waals surface area contributed by atoms with E-state index in [4.69, 9.17) is 19.2 Å². The van der Waals surface area contributed by atoms with Gasteiger partial charge in [-0.3, -0.25) is 4.79 Å². The van der Waals surface area contributed by atoms with Crippen molar-refractivity contribution in [3.63, 3.8) is 0 Å². The summed E-state index contributed by atoms with van der Waals surface area (Å²) in [6.45, 7) is 7.47. The molecule has 2 bridgehead atoms. The average molecular weight is 326 g/mol. The summed E-state index contributed by atoms with van der Waals surface area (Å²) in [5, 5.41) is 10.4. The van der Waals surface area contributed by atoms with Gasteiger partial charge in [-0.05, 0) is 46.0 Å². The summed E-state index contributed by atoms with van der Waals surface area (Å²) < 4.78 is 11.7. The number of aliphatic hydroxyl groups excluding tert-OH is 1. The lowest BCUT2D eigenvalue weighted by Crippen LogP contribution is -2.73. The van der Waals surface area contributed by atoms with Gasteiger partial charge in [0.05, 0.1) is 11.5 Å². The Morgan fingerprint density at radius 3 is 2.65 bits per heavy atom. The topological polar surface area (TPSA) is 74.2 Å². The Morgan fingerprint density at radius 1 is 1.22 bits per heavy atom. The summed E-state index contributed by atoms with van der Waals surface area (Å²) >= 11 is 0. The Labute approximate surface area is 136 Å². The molecule has 6 nitrogen and oxygen atoms in total. The molecule has 4 aliphatic heterocycles. The summed E-state index contributed by atoms with van der Waals surface area (Å²) in [6, 6.07) is 0. The zero-order chi connectivity index (χ0) is 16.6. The number of carbonyl (C=O) groups is 1. The van der Waals surface area contributed by atoms with Gasteiger partial charge in [-0.1, -0.05) is 6.92 Å². The Kier molecular flexibility index (Phi) is 3.22. The van der Waals surface area contributed by atoms with Gasteiger partial charge in [-0.25, -0.2) is 9.78 Å². The van der Waals surface area contributed by atoms with Crippen LogP contribution in [0.15, 0.2) is 0 Å². The molecule has 0 aromatic carbocycles. The van der Waals surface area contributed by atoms with Crippen molar-refractivity contribution in [2.45, 2.75) is 77.2 Å². The Balaban J connectivity index is 1.87. The monoisotopic (exact) mass is 326 g/mol. The van der Waals surface area contributed by atoms with Crippen LogP contribution in [0.5, 0.6) is 0 Å². The van der Waals surface area contributed by atoms with Crippen LogP contribution in [0.3, 0.4) is 0 Å². The van der Waals surface area contributed by atoms with Crippen LogP contribution in [0.1, 0.15) is 53.4 Å². The fraction of sp³-hybridized carbons (Fsp3) is 0.941. The first kappa shape index (κ1) is 15.8. The van der Waals surface area contributed by atoms with Crippen molar-refractivity contribution in [2.75, 3.05) is 0 Å². The van der Waals surface area contributed by atoms with Crippen LogP contribution in [-0.4, -0.2) is 34.9 Å². The van der Waals surface area contributed by atoms with E-state index in [1.165, 1.54) is 0 Å². The van der Waals surface area contributed by atoms with E-state index in [-0.39, 0.29) is 11.8 Å². The zero-order valence-electron chi connectivity index (χ0n) is 14.2. The van der Waals surface area contributed by atoms with Gasteiger partial charge in [0.1, 0.15) is 0 Å². The van der Waals surface area contributed by atoms with Gasteiger partial charge in [0.25, 0.3) is 0 Å². The maximum atomic E-state index is 12.7. The highest BCUT2D eigenvalue weighted by atomic mass is 17.3. The Hall–Kier alpha value is -0.690. The fourth-order valence-electron chi connectivity index (χ4n) is 5.30. The van der Waals surface area contributed by atoms with Gasteiger partial charge in [-0.15, -0.1) is 0 Å². The normalized spacial score (nSPS) is 56.5. The van der Waals surface area contributed by atoms with Crippen molar-refractivity contribution in [3.05, 3.63) is 0 Å². The fourth-order valence-corrected chi connectivity index (χ4v) is 5.30. The number of fused-ring (bicyclic) bond motifs is 2. The van der Waals surface area contributed by atoms with Crippen LogP contribution in [0.2, 0.25) is 0 Å². The first-order chi connectivity index (χ1) is 10.7. The molecule has 1 saturated carbocycles. The summed E-state index contributed by atoms with van der Waals surface area (Å²) in [5.41, 5.74) is -1.84. The number of carbonyl (C=O) groups excluding carboxylic acids is 1. The number of aliphatic hydroxyl groups is 1. The van der Waals surface area contributed by atoms with E-state index in [1.807, 2.05) is 6.92 Å². The largest absolute Gasteiger partial charge is 0.432 e. The predicted octanol–water partition coefficient (Wildman–Crippen LogP) is 2.15. The lowest BCUT2D eigenvalue weighted by Gasteiger charge is -2.61. The molecule has 130 valence electrons. The molecule has 5 rings (SSSR count). The zero-order valence-corrected chi connectivity index (χ0v) is 14.2. The number of ether oxygens (including phenoxy) is 2. The minimum absolute atomic E-state index is 0.182. The van der Waals surface area contributed by atoms with Crippen molar-refractivity contribution in [1.82, 2.24) is 0 Å². The van der Waals surface area contributed by atoms with Gasteiger partial charge in [0.15, 0.2) is 5.60 Å². The summed E-state index contributed by atoms with van der Waals surface area (Å²) in [6.07, 6.45) is 1.80. The van der Waals surface area contributed by atoms with Gasteiger partial charge in [-0.2, -0.15) is 0 Å². The van der Waals surface area contributed by atoms with E-state index in [0.29, 0.717) is 12.3 Å². The number of hydrogen-bond acceptors (Lipinski definition) is 6. The second-order valence-corrected chi connectivity index (χ2v) is 8.22. The smallest absolute Gasteiger partial charge is 0.317 e. The van der Waals surface area contributed by atoms with Gasteiger partial charge < -0.3 is 14.6 Å². The number of esters is 1. The van der Waals surface area contributed by atoms with Crippen LogP contribution in [0.4, 0.5) is 0 Å². The van der Waals surface area contributed by atoms with E-state index >= 15 is 0 Å². The highest BCUT2D eigenvalue weighted by Gasteiger charge is 2.74. The van der Waals surface area contributed by atoms with Gasteiger partial charge in [0, 0.05) is 18.3 Å². The minimum Gasteiger partial charge on any atom is -0.432 e. The van der Waals surface area contributed by atoms with Crippen molar-refractivity contribution in [3.8, 4) is 0 Å². The lowest BCUT2D eigenvalue weighted by molar-refractivity contribution is -0.562. The molecule has 5 aliphatic rings. The number of rotatable bonds is 1. The molecular formula is C17H26O6. The van der Waals surface area contributed by atoms with E-state index in [2.05, 4.69) is 6.92 Å². The van der Waals surface area contributed by atoms with Crippen LogP contribution in [0, 0.1) is 23.2 Å². The van der Waals surface area contributed by atoms with E-state index in [0.717, 1.165) is 19.3 Å². The maximum absolute atomic E-state index is 12.7. The Morgan fingerprint density at radius 2 is 1.96 bits per heavy atom. The first-order valence-electron chi connectivity index (χ1n) is 8.68. The molecule has 1 aliphatic carbocycles. The minimum atomic E-state index is -1.01. The van der Waals surface area contributed by atoms with E-state index in [9.17, 15) is 9.90 Å². The molecule has 3 unspecified atom stereocenters. The van der Waals surface area contributed by atoms with Crippen LogP contribution < -0.4 is 0 Å². The SMILES string of the molecule is CC(O)[C@@]1(C)C(=O)O[C@@H]2O[C@]3(C)CCC4[C@H](C)CCC1[C@]42OO3. The Bertz CT molecular complexity index is 535. The summed E-state index contributed by atoms with van der Waals surface area (Å²) in [7, 11) is 0. The van der Waals surface area contributed by atoms with Gasteiger partial charge in [0.2, 0.25) is 12.1 Å². The third-order valence-corrected chi connectivity index (χ3v) is 6.96. The molecule has 4 saturated heterocycles. The molecular weight excluding hydrogens is 300 g/mol. The van der Waals surface area contributed by atoms with Crippen molar-refractivity contribution in [1.29, 1.82) is 0 Å². The molecule has 0 radical (unpaired) electrons. The summed E-state index contributed by atoms with van der Waals surface area (Å²) in [4.78, 5) is 24.4. The van der Waals surface area contributed by atoms with Crippen LogP contribution in [0.25, 0.3) is 0 Å². The van der Waals surface area contributed by atoms with Crippen molar-refractivity contribution < 1.29 is 29.1 Å². The quantitative estimate of drug-likeness (QED) is 0.588. The lowest BCUT2D eigenvalue weighted by atomic mass is 9.52. The second kappa shape index (κ2) is 4.69. The van der Waals surface area contributed by atoms with E-state index < -0.39 is 35.2 Å². The third-order valence-electron chi connectivity index (χ3n) is 6.96. The highest BCUT2D eigenvalue weighted by Crippen LogP contribution is 2.63. The second-order valence-electron chi connectivity index (χ2n) is 8.22. The van der Waals surface area contributed by atoms with E-state index in [1.54, 1.807) is 13.8 Å². The predicted molar refractivity (Wildman–Crippen MR) is 78.7 cm³/mol. The molecule has 4 heterocycles. The molecule has 1 spiro atoms. The molecule has 6 heteroatoms. The molecule has 0 amide bonds. The molecule has 5 fully saturated rings. The third kappa shape index (κ3) is 1.81. The number of hydrogen-bond donors (Lipinski definition) is 1. The van der Waals surface area contributed by atoms with Crippen LogP contribution >= 0.6 is 0 Å². The highest BCUT2D eigenvalue weighted by molar-refractivity contribution is 5.79. The standard InChI is InChI=1S/C17H26O6/c1-9-5-6-12-16(4,10(2)18)13(19)20-14-17(12)11(9)7-8-15(3,21-14)22-23-17/h9-12,14,18H,5-8H2,1-4H3/t9-,10?,11?,12?,14-,15+,16-,17-/m1/s1. The van der Waals surface area contributed by atoms with Crippen molar-refractivity contribution >= 4 is 5.97 Å². The maximum Gasteiger partial charge on any atom is 0.317 e. The first-order valence-corrected chi connectivity index (χ1v) is 8.68. The molecule has 0 aromatic heterocycles. The summed E-state index contributed by atoms with van der Waals surface area (Å²) in [5.74, 6) is -0.861. The average Bonchev–Trinajstić information content (AvgIpc) is 2.71. The van der Waals surface area contributed by atoms with Gasteiger partial charge >= 0.3 is 5.97 Å². The van der Waals surface area contributed by atoms with Crippen LogP contribution in [-0.2, 0) is 24.0 Å². The molecule has 0 aromatic rings.